The highest BCUT2D eigenvalue weighted by atomic mass is 16.5. The number of amides is 1. The molecule has 2 aromatic rings. The lowest BCUT2D eigenvalue weighted by molar-refractivity contribution is -0.123. The van der Waals surface area contributed by atoms with Crippen molar-refractivity contribution in [2.75, 3.05) is 6.61 Å². The van der Waals surface area contributed by atoms with Gasteiger partial charge in [-0.1, -0.05) is 24.3 Å². The fourth-order valence-electron chi connectivity index (χ4n) is 3.52. The maximum absolute atomic E-state index is 12.3. The highest BCUT2D eigenvalue weighted by Gasteiger charge is 2.15. The van der Waals surface area contributed by atoms with Crippen molar-refractivity contribution in [2.45, 2.75) is 53.0 Å². The van der Waals surface area contributed by atoms with E-state index in [0.29, 0.717) is 0 Å². The summed E-state index contributed by atoms with van der Waals surface area (Å²) in [6.07, 6.45) is 3.57. The summed E-state index contributed by atoms with van der Waals surface area (Å²) in [4.78, 5) is 12.3. The van der Waals surface area contributed by atoms with Gasteiger partial charge < -0.3 is 10.1 Å². The van der Waals surface area contributed by atoms with Crippen LogP contribution in [-0.4, -0.2) is 12.5 Å². The highest BCUT2D eigenvalue weighted by Crippen LogP contribution is 2.26. The van der Waals surface area contributed by atoms with Gasteiger partial charge in [0.2, 0.25) is 0 Å². The summed E-state index contributed by atoms with van der Waals surface area (Å²) in [7, 11) is 0. The van der Waals surface area contributed by atoms with E-state index in [1.165, 1.54) is 29.5 Å². The van der Waals surface area contributed by atoms with E-state index in [1.54, 1.807) is 0 Å². The Morgan fingerprint density at radius 3 is 2.68 bits per heavy atom. The van der Waals surface area contributed by atoms with Crippen molar-refractivity contribution in [1.82, 2.24) is 5.32 Å². The van der Waals surface area contributed by atoms with Crippen molar-refractivity contribution >= 4 is 5.91 Å². The molecule has 132 valence electrons. The van der Waals surface area contributed by atoms with Crippen molar-refractivity contribution in [3.8, 4) is 5.75 Å². The second kappa shape index (κ2) is 7.30. The molecule has 1 atom stereocenters. The maximum atomic E-state index is 12.3. The van der Waals surface area contributed by atoms with Crippen molar-refractivity contribution in [1.29, 1.82) is 0 Å². The number of hydrogen-bond donors (Lipinski definition) is 1. The third kappa shape index (κ3) is 4.04. The lowest BCUT2D eigenvalue weighted by Gasteiger charge is -2.17. The van der Waals surface area contributed by atoms with Gasteiger partial charge in [-0.2, -0.15) is 0 Å². The van der Waals surface area contributed by atoms with E-state index in [9.17, 15) is 4.79 Å². The Kier molecular flexibility index (Phi) is 5.12. The molecule has 3 nitrogen and oxygen atoms in total. The average Bonchev–Trinajstić information content (AvgIpc) is 3.04. The number of aryl methyl sites for hydroxylation is 4. The first-order chi connectivity index (χ1) is 11.9. The van der Waals surface area contributed by atoms with Gasteiger partial charge in [-0.25, -0.2) is 0 Å². The first-order valence-corrected chi connectivity index (χ1v) is 9.06. The predicted octanol–water partition coefficient (Wildman–Crippen LogP) is 4.36. The van der Waals surface area contributed by atoms with Crippen LogP contribution in [0.1, 0.15) is 52.8 Å². The third-order valence-corrected chi connectivity index (χ3v) is 5.12. The molecule has 0 unspecified atom stereocenters. The number of ether oxygens (including phenoxy) is 1. The van der Waals surface area contributed by atoms with Crippen LogP contribution in [0.15, 0.2) is 30.3 Å². The number of rotatable bonds is 5. The van der Waals surface area contributed by atoms with Crippen LogP contribution in [0.5, 0.6) is 5.75 Å². The standard InChI is InChI=1S/C22H27NO2/c1-14-10-15(2)16(3)21(11-14)25-13-22(24)23-17(4)19-9-8-18-6-5-7-20(18)12-19/h8-12,17H,5-7,13H2,1-4H3,(H,23,24)/t17-/m1/s1. The molecule has 3 heteroatoms. The summed E-state index contributed by atoms with van der Waals surface area (Å²) in [5.41, 5.74) is 7.46. The molecular formula is C22H27NO2. The molecule has 0 aromatic heterocycles. The Bertz CT molecular complexity index is 795. The summed E-state index contributed by atoms with van der Waals surface area (Å²) in [5, 5.41) is 3.04. The molecule has 0 spiro atoms. The molecule has 3 rings (SSSR count). The third-order valence-electron chi connectivity index (χ3n) is 5.12. The molecule has 2 aromatic carbocycles. The van der Waals surface area contributed by atoms with Gasteiger partial charge in [0.1, 0.15) is 5.75 Å². The molecule has 0 aliphatic heterocycles. The molecule has 25 heavy (non-hydrogen) atoms. The number of fused-ring (bicyclic) bond motifs is 1. The summed E-state index contributed by atoms with van der Waals surface area (Å²) in [5.74, 6) is 0.699. The molecule has 0 fully saturated rings. The Morgan fingerprint density at radius 1 is 1.12 bits per heavy atom. The monoisotopic (exact) mass is 337 g/mol. The van der Waals surface area contributed by atoms with Crippen LogP contribution in [0, 0.1) is 20.8 Å². The van der Waals surface area contributed by atoms with Gasteiger partial charge >= 0.3 is 0 Å². The molecule has 0 radical (unpaired) electrons. The van der Waals surface area contributed by atoms with Gasteiger partial charge in [0.15, 0.2) is 6.61 Å². The van der Waals surface area contributed by atoms with Crippen LogP contribution in [0.3, 0.4) is 0 Å². The van der Waals surface area contributed by atoms with Crippen molar-refractivity contribution in [2.24, 2.45) is 0 Å². The van der Waals surface area contributed by atoms with Gasteiger partial charge in [-0.15, -0.1) is 0 Å². The number of benzene rings is 2. The van der Waals surface area contributed by atoms with Gasteiger partial charge in [-0.05, 0) is 86.4 Å². The zero-order valence-corrected chi connectivity index (χ0v) is 15.6. The Labute approximate surface area is 150 Å². The van der Waals surface area contributed by atoms with E-state index < -0.39 is 0 Å². The van der Waals surface area contributed by atoms with Crippen molar-refractivity contribution in [3.63, 3.8) is 0 Å². The molecule has 1 aliphatic carbocycles. The van der Waals surface area contributed by atoms with E-state index >= 15 is 0 Å². The number of carbonyl (C=O) groups is 1. The molecule has 1 N–H and O–H groups in total. The molecule has 1 amide bonds. The van der Waals surface area contributed by atoms with Gasteiger partial charge in [0.25, 0.3) is 5.91 Å². The van der Waals surface area contributed by atoms with Crippen LogP contribution >= 0.6 is 0 Å². The first-order valence-electron chi connectivity index (χ1n) is 9.06. The summed E-state index contributed by atoms with van der Waals surface area (Å²) in [6, 6.07) is 10.7. The van der Waals surface area contributed by atoms with Gasteiger partial charge in [0, 0.05) is 0 Å². The van der Waals surface area contributed by atoms with E-state index in [0.717, 1.165) is 28.9 Å². The maximum Gasteiger partial charge on any atom is 0.258 e. The van der Waals surface area contributed by atoms with Crippen LogP contribution in [0.2, 0.25) is 0 Å². The molecular weight excluding hydrogens is 310 g/mol. The van der Waals surface area contributed by atoms with Crippen LogP contribution in [0.4, 0.5) is 0 Å². The molecule has 0 bridgehead atoms. The minimum Gasteiger partial charge on any atom is -0.483 e. The topological polar surface area (TPSA) is 38.3 Å². The minimum absolute atomic E-state index is 0.0117. The highest BCUT2D eigenvalue weighted by molar-refractivity contribution is 5.78. The fraction of sp³-hybridized carbons (Fsp3) is 0.409. The van der Waals surface area contributed by atoms with Crippen molar-refractivity contribution < 1.29 is 9.53 Å². The second-order valence-electron chi connectivity index (χ2n) is 7.16. The van der Waals surface area contributed by atoms with E-state index in [2.05, 4.69) is 36.5 Å². The van der Waals surface area contributed by atoms with Crippen LogP contribution < -0.4 is 10.1 Å². The Balaban J connectivity index is 1.59. The zero-order chi connectivity index (χ0) is 18.0. The van der Waals surface area contributed by atoms with Crippen molar-refractivity contribution in [3.05, 3.63) is 63.7 Å². The molecule has 0 heterocycles. The zero-order valence-electron chi connectivity index (χ0n) is 15.6. The Hall–Kier alpha value is -2.29. The molecule has 0 saturated heterocycles. The smallest absolute Gasteiger partial charge is 0.258 e. The molecule has 1 aliphatic rings. The van der Waals surface area contributed by atoms with E-state index in [1.807, 2.05) is 26.8 Å². The SMILES string of the molecule is Cc1cc(C)c(C)c(OCC(=O)N[C@H](C)c2ccc3c(c2)CCC3)c1. The molecule has 0 saturated carbocycles. The van der Waals surface area contributed by atoms with Gasteiger partial charge in [-0.3, -0.25) is 4.79 Å². The summed E-state index contributed by atoms with van der Waals surface area (Å²) >= 11 is 0. The lowest BCUT2D eigenvalue weighted by Crippen LogP contribution is -2.31. The quantitative estimate of drug-likeness (QED) is 0.880. The normalized spacial score (nSPS) is 14.1. The average molecular weight is 337 g/mol. The fourth-order valence-corrected chi connectivity index (χ4v) is 3.52. The number of nitrogens with one attached hydrogen (secondary N) is 1. The number of hydrogen-bond acceptors (Lipinski definition) is 2. The summed E-state index contributed by atoms with van der Waals surface area (Å²) in [6.45, 7) is 8.19. The predicted molar refractivity (Wildman–Crippen MR) is 101 cm³/mol. The Morgan fingerprint density at radius 2 is 1.88 bits per heavy atom. The van der Waals surface area contributed by atoms with Crippen LogP contribution in [-0.2, 0) is 17.6 Å². The second-order valence-corrected chi connectivity index (χ2v) is 7.16. The first kappa shape index (κ1) is 17.5. The summed E-state index contributed by atoms with van der Waals surface area (Å²) < 4.78 is 5.76. The minimum atomic E-state index is -0.0912. The lowest BCUT2D eigenvalue weighted by atomic mass is 10.0. The number of carbonyl (C=O) groups excluding carboxylic acids is 1. The van der Waals surface area contributed by atoms with Crippen LogP contribution in [0.25, 0.3) is 0 Å². The van der Waals surface area contributed by atoms with E-state index in [-0.39, 0.29) is 18.6 Å². The van der Waals surface area contributed by atoms with Gasteiger partial charge in [0.05, 0.1) is 6.04 Å². The van der Waals surface area contributed by atoms with E-state index in [4.69, 9.17) is 4.74 Å². The largest absolute Gasteiger partial charge is 0.483 e.